The molecule has 0 aromatic carbocycles. The van der Waals surface area contributed by atoms with Gasteiger partial charge in [0.2, 0.25) is 5.88 Å². The van der Waals surface area contributed by atoms with E-state index in [0.717, 1.165) is 5.69 Å². The number of hydrogen-bond donors (Lipinski definition) is 1. The normalized spacial score (nSPS) is 9.00. The van der Waals surface area contributed by atoms with Gasteiger partial charge in [0.15, 0.2) is 6.61 Å². The predicted octanol–water partition coefficient (Wildman–Crippen LogP) is 0.984. The Labute approximate surface area is 71.6 Å². The molecule has 0 spiro atoms. The lowest BCUT2D eigenvalue weighted by molar-refractivity contribution is 0.355. The number of nitrogens with two attached hydrogens (primary N) is 1. The number of pyridine rings is 1. The molecule has 3 heteroatoms. The van der Waals surface area contributed by atoms with Crippen LogP contribution >= 0.6 is 0 Å². The highest BCUT2D eigenvalue weighted by molar-refractivity contribution is 5.43. The summed E-state index contributed by atoms with van der Waals surface area (Å²) in [7, 11) is 0. The Hall–Kier alpha value is -1.69. The van der Waals surface area contributed by atoms with E-state index in [1.54, 1.807) is 12.1 Å². The summed E-state index contributed by atoms with van der Waals surface area (Å²) >= 11 is 0. The van der Waals surface area contributed by atoms with Crippen LogP contribution in [-0.4, -0.2) is 11.6 Å². The van der Waals surface area contributed by atoms with Gasteiger partial charge in [-0.2, -0.15) is 0 Å². The summed E-state index contributed by atoms with van der Waals surface area (Å²) in [4.78, 5) is 4.07. The van der Waals surface area contributed by atoms with E-state index in [9.17, 15) is 0 Å². The first-order valence-electron chi connectivity index (χ1n) is 3.53. The highest BCUT2D eigenvalue weighted by Gasteiger charge is 1.97. The molecule has 12 heavy (non-hydrogen) atoms. The molecule has 1 aromatic rings. The third kappa shape index (κ3) is 1.89. The fraction of sp³-hybridized carbons (Fsp3) is 0.222. The molecule has 2 N–H and O–H groups in total. The minimum Gasteiger partial charge on any atom is -0.464 e. The maximum absolute atomic E-state index is 5.56. The molecule has 0 saturated heterocycles. The van der Waals surface area contributed by atoms with Crippen LogP contribution < -0.4 is 10.5 Å². The average Bonchev–Trinajstić information content (AvgIpc) is 2.07. The molecule has 1 heterocycles. The first-order valence-corrected chi connectivity index (χ1v) is 3.53. The van der Waals surface area contributed by atoms with Crippen molar-refractivity contribution in [3.8, 4) is 18.2 Å². The van der Waals surface area contributed by atoms with Gasteiger partial charge in [0.05, 0.1) is 11.4 Å². The maximum atomic E-state index is 5.56. The standard InChI is InChI=1S/C9H10N2O/c1-3-6-12-9-5-4-8(10)7(2)11-9/h1,4-5H,6,10H2,2H3. The van der Waals surface area contributed by atoms with Crippen LogP contribution in [0.3, 0.4) is 0 Å². The van der Waals surface area contributed by atoms with Crippen LogP contribution in [0.15, 0.2) is 12.1 Å². The second-order valence-corrected chi connectivity index (χ2v) is 2.32. The fourth-order valence-electron chi connectivity index (χ4n) is 0.745. The number of anilines is 1. The Bertz CT molecular complexity index is 315. The summed E-state index contributed by atoms with van der Waals surface area (Å²) in [5, 5.41) is 0. The predicted molar refractivity (Wildman–Crippen MR) is 47.7 cm³/mol. The van der Waals surface area contributed by atoms with Crippen molar-refractivity contribution in [2.75, 3.05) is 12.3 Å². The highest BCUT2D eigenvalue weighted by atomic mass is 16.5. The van der Waals surface area contributed by atoms with E-state index in [1.165, 1.54) is 0 Å². The molecule has 3 nitrogen and oxygen atoms in total. The smallest absolute Gasteiger partial charge is 0.214 e. The van der Waals surface area contributed by atoms with Crippen molar-refractivity contribution in [2.24, 2.45) is 0 Å². The minimum absolute atomic E-state index is 0.232. The number of terminal acetylenes is 1. The van der Waals surface area contributed by atoms with E-state index in [1.807, 2.05) is 6.92 Å². The highest BCUT2D eigenvalue weighted by Crippen LogP contribution is 2.13. The molecule has 0 aliphatic rings. The number of hydrogen-bond acceptors (Lipinski definition) is 3. The van der Waals surface area contributed by atoms with Gasteiger partial charge in [-0.1, -0.05) is 5.92 Å². The van der Waals surface area contributed by atoms with Gasteiger partial charge < -0.3 is 10.5 Å². The Balaban J connectivity index is 2.77. The van der Waals surface area contributed by atoms with Crippen molar-refractivity contribution in [2.45, 2.75) is 6.92 Å². The van der Waals surface area contributed by atoms with Crippen LogP contribution in [0, 0.1) is 19.3 Å². The number of rotatable bonds is 2. The Morgan fingerprint density at radius 2 is 2.42 bits per heavy atom. The van der Waals surface area contributed by atoms with E-state index in [4.69, 9.17) is 16.9 Å². The molecule has 0 aliphatic carbocycles. The molecule has 0 saturated carbocycles. The molecule has 0 aliphatic heterocycles. The summed E-state index contributed by atoms with van der Waals surface area (Å²) in [6.45, 7) is 2.05. The van der Waals surface area contributed by atoms with Gasteiger partial charge in [0.25, 0.3) is 0 Å². The molecular formula is C9H10N2O. The Morgan fingerprint density at radius 1 is 1.67 bits per heavy atom. The van der Waals surface area contributed by atoms with Crippen LogP contribution in [0.25, 0.3) is 0 Å². The summed E-state index contributed by atoms with van der Waals surface area (Å²) in [6.07, 6.45) is 5.02. The quantitative estimate of drug-likeness (QED) is 0.659. The van der Waals surface area contributed by atoms with Crippen LogP contribution in [0.2, 0.25) is 0 Å². The molecule has 0 fully saturated rings. The van der Waals surface area contributed by atoms with Crippen molar-refractivity contribution in [3.05, 3.63) is 17.8 Å². The fourth-order valence-corrected chi connectivity index (χ4v) is 0.745. The lowest BCUT2D eigenvalue weighted by Gasteiger charge is -2.03. The van der Waals surface area contributed by atoms with Gasteiger partial charge in [-0.05, 0) is 13.0 Å². The van der Waals surface area contributed by atoms with E-state index in [-0.39, 0.29) is 6.61 Å². The molecule has 0 amide bonds. The van der Waals surface area contributed by atoms with Crippen molar-refractivity contribution < 1.29 is 4.74 Å². The van der Waals surface area contributed by atoms with Crippen LogP contribution in [0.5, 0.6) is 5.88 Å². The van der Waals surface area contributed by atoms with Crippen molar-refractivity contribution in [1.82, 2.24) is 4.98 Å². The molecule has 0 bridgehead atoms. The number of ether oxygens (including phenoxy) is 1. The second-order valence-electron chi connectivity index (χ2n) is 2.32. The molecule has 0 unspecified atom stereocenters. The largest absolute Gasteiger partial charge is 0.464 e. The zero-order valence-electron chi connectivity index (χ0n) is 6.87. The van der Waals surface area contributed by atoms with Gasteiger partial charge in [-0.25, -0.2) is 4.98 Å². The molecule has 62 valence electrons. The van der Waals surface area contributed by atoms with Crippen molar-refractivity contribution >= 4 is 5.69 Å². The van der Waals surface area contributed by atoms with Gasteiger partial charge >= 0.3 is 0 Å². The third-order valence-corrected chi connectivity index (χ3v) is 1.40. The van der Waals surface area contributed by atoms with Crippen LogP contribution in [0.4, 0.5) is 5.69 Å². The average molecular weight is 162 g/mol. The van der Waals surface area contributed by atoms with Gasteiger partial charge in [-0.3, -0.25) is 0 Å². The first-order chi connectivity index (χ1) is 5.74. The van der Waals surface area contributed by atoms with E-state index in [2.05, 4.69) is 10.9 Å². The van der Waals surface area contributed by atoms with Gasteiger partial charge in [0.1, 0.15) is 0 Å². The number of nitrogen functional groups attached to an aromatic ring is 1. The minimum atomic E-state index is 0.232. The number of nitrogens with zero attached hydrogens (tertiary/aromatic N) is 1. The number of aromatic nitrogens is 1. The Kier molecular flexibility index (Phi) is 2.54. The van der Waals surface area contributed by atoms with Crippen LogP contribution in [-0.2, 0) is 0 Å². The van der Waals surface area contributed by atoms with E-state index < -0.39 is 0 Å². The monoisotopic (exact) mass is 162 g/mol. The first kappa shape index (κ1) is 8.41. The molecular weight excluding hydrogens is 152 g/mol. The number of aryl methyl sites for hydroxylation is 1. The lowest BCUT2D eigenvalue weighted by Crippen LogP contribution is -1.99. The second kappa shape index (κ2) is 3.63. The van der Waals surface area contributed by atoms with Gasteiger partial charge in [0, 0.05) is 6.07 Å². The molecule has 0 atom stereocenters. The Morgan fingerprint density at radius 3 is 3.00 bits per heavy atom. The molecule has 1 aromatic heterocycles. The zero-order valence-corrected chi connectivity index (χ0v) is 6.87. The summed E-state index contributed by atoms with van der Waals surface area (Å²) < 4.78 is 5.09. The summed E-state index contributed by atoms with van der Waals surface area (Å²) in [6, 6.07) is 3.44. The summed E-state index contributed by atoms with van der Waals surface area (Å²) in [5.74, 6) is 2.87. The van der Waals surface area contributed by atoms with Gasteiger partial charge in [-0.15, -0.1) is 6.42 Å². The molecule has 0 radical (unpaired) electrons. The maximum Gasteiger partial charge on any atom is 0.214 e. The lowest BCUT2D eigenvalue weighted by atomic mass is 10.3. The van der Waals surface area contributed by atoms with E-state index in [0.29, 0.717) is 11.6 Å². The molecule has 1 rings (SSSR count). The third-order valence-electron chi connectivity index (χ3n) is 1.40. The van der Waals surface area contributed by atoms with Crippen molar-refractivity contribution in [3.63, 3.8) is 0 Å². The van der Waals surface area contributed by atoms with E-state index >= 15 is 0 Å². The SMILES string of the molecule is C#CCOc1ccc(N)c(C)n1. The zero-order chi connectivity index (χ0) is 8.97. The topological polar surface area (TPSA) is 48.1 Å². The van der Waals surface area contributed by atoms with Crippen LogP contribution in [0.1, 0.15) is 5.69 Å². The summed E-state index contributed by atoms with van der Waals surface area (Å²) in [5.41, 5.74) is 6.97. The van der Waals surface area contributed by atoms with Crippen molar-refractivity contribution in [1.29, 1.82) is 0 Å².